The van der Waals surface area contributed by atoms with Crippen molar-refractivity contribution < 1.29 is 41.1 Å². The summed E-state index contributed by atoms with van der Waals surface area (Å²) in [5.41, 5.74) is -2.22. The van der Waals surface area contributed by atoms with E-state index >= 15 is 4.39 Å². The summed E-state index contributed by atoms with van der Waals surface area (Å²) in [6.07, 6.45) is -4.46. The number of anilines is 3. The number of nitrogens with one attached hydrogen (secondary N) is 3. The minimum absolute atomic E-state index is 0.0486. The number of carbonyl (C=O) groups is 3. The Kier molecular flexibility index (Phi) is 8.83. The number of hydrogen-bond acceptors (Lipinski definition) is 4. The van der Waals surface area contributed by atoms with Gasteiger partial charge in [0, 0.05) is 18.2 Å². The van der Waals surface area contributed by atoms with Crippen molar-refractivity contribution in [2.24, 2.45) is 5.92 Å². The van der Waals surface area contributed by atoms with E-state index in [4.69, 9.17) is 39.5 Å². The van der Waals surface area contributed by atoms with Crippen LogP contribution in [-0.4, -0.2) is 34.8 Å². The monoisotopic (exact) mass is 675 g/mol. The summed E-state index contributed by atoms with van der Waals surface area (Å²) in [5, 5.41) is 6.83. The first kappa shape index (κ1) is 32.0. The summed E-state index contributed by atoms with van der Waals surface area (Å²) < 4.78 is 72.6. The van der Waals surface area contributed by atoms with Crippen LogP contribution in [0.1, 0.15) is 40.2 Å². The molecule has 1 aliphatic heterocycles. The average Bonchev–Trinajstić information content (AvgIpc) is 3.26. The smallest absolute Gasteiger partial charge is 0.368 e. The molecule has 5 rings (SSSR count). The van der Waals surface area contributed by atoms with Gasteiger partial charge in [-0.1, -0.05) is 29.8 Å². The number of rotatable bonds is 7. The van der Waals surface area contributed by atoms with Gasteiger partial charge in [-0.15, -0.1) is 23.2 Å². The molecule has 2 fully saturated rings. The van der Waals surface area contributed by atoms with Crippen molar-refractivity contribution in [1.82, 2.24) is 0 Å². The van der Waals surface area contributed by atoms with Gasteiger partial charge in [0.1, 0.15) is 21.9 Å². The molecule has 7 nitrogen and oxygen atoms in total. The number of hydrogen-bond donors (Lipinski definition) is 3. The molecule has 2 aliphatic rings. The van der Waals surface area contributed by atoms with E-state index in [1.807, 2.05) is 0 Å². The van der Waals surface area contributed by atoms with Gasteiger partial charge in [-0.05, 0) is 54.8 Å². The molecule has 3 atom stereocenters. The van der Waals surface area contributed by atoms with E-state index in [1.54, 1.807) is 0 Å². The largest absolute Gasteiger partial charge is 0.416 e. The molecule has 1 aliphatic carbocycles. The van der Waals surface area contributed by atoms with Crippen LogP contribution >= 0.6 is 34.8 Å². The number of halogens is 8. The van der Waals surface area contributed by atoms with E-state index < -0.39 is 74.7 Å². The van der Waals surface area contributed by atoms with Crippen LogP contribution in [0.15, 0.2) is 54.6 Å². The van der Waals surface area contributed by atoms with Crippen molar-refractivity contribution in [3.05, 3.63) is 87.9 Å². The van der Waals surface area contributed by atoms with Gasteiger partial charge in [-0.3, -0.25) is 14.4 Å². The maximum Gasteiger partial charge on any atom is 0.416 e. The SMILES string of the molecule is O=C(Nc1ccc(F)c(NC(=O)C2CCCO2)c1F)c1cc(NC(=O)[C@H]2C(c3cccc(C(F)(F)F)c3)C2(Cl)Cl)ccc1Cl. The van der Waals surface area contributed by atoms with Gasteiger partial charge in [-0.25, -0.2) is 8.78 Å². The highest BCUT2D eigenvalue weighted by atomic mass is 35.5. The number of carbonyl (C=O) groups excluding carboxylic acids is 3. The van der Waals surface area contributed by atoms with E-state index in [1.165, 1.54) is 30.3 Å². The quantitative estimate of drug-likeness (QED) is 0.178. The number of amides is 3. The standard InChI is InChI=1S/C29H21Cl3F5N3O4/c30-17-7-6-15(38-27(43)22-21(28(22,31)32)13-3-1-4-14(11-13)29(35,36)37)12-16(17)25(41)39-19-9-8-18(33)24(23(19)34)40-26(42)20-5-2-10-44-20/h1,3-4,6-9,11-12,20-22H,2,5,10H2,(H,38,43)(H,39,41)(H,40,42)/t20?,21?,22-/m1/s1. The van der Waals surface area contributed by atoms with Crippen LogP contribution in [0.4, 0.5) is 39.0 Å². The van der Waals surface area contributed by atoms with E-state index in [2.05, 4.69) is 16.0 Å². The fraction of sp³-hybridized carbons (Fsp3) is 0.276. The summed E-state index contributed by atoms with van der Waals surface area (Å²) in [6, 6.07) is 9.90. The number of benzene rings is 3. The highest BCUT2D eigenvalue weighted by molar-refractivity contribution is 6.53. The second kappa shape index (κ2) is 12.2. The Morgan fingerprint density at radius 2 is 1.68 bits per heavy atom. The van der Waals surface area contributed by atoms with Crippen LogP contribution in [0.3, 0.4) is 0 Å². The summed E-state index contributed by atoms with van der Waals surface area (Å²) >= 11 is 18.7. The van der Waals surface area contributed by atoms with Crippen molar-refractivity contribution in [2.45, 2.75) is 35.4 Å². The zero-order valence-electron chi connectivity index (χ0n) is 22.2. The molecule has 3 amide bonds. The minimum Gasteiger partial charge on any atom is -0.368 e. The topological polar surface area (TPSA) is 96.5 Å². The first-order valence-electron chi connectivity index (χ1n) is 13.1. The molecule has 1 saturated carbocycles. The van der Waals surface area contributed by atoms with E-state index in [9.17, 15) is 31.9 Å². The Morgan fingerprint density at radius 1 is 0.932 bits per heavy atom. The molecule has 1 heterocycles. The van der Waals surface area contributed by atoms with Gasteiger partial charge in [0.05, 0.1) is 27.8 Å². The normalized spacial score (nSPS) is 20.6. The van der Waals surface area contributed by atoms with Gasteiger partial charge in [0.25, 0.3) is 11.8 Å². The third-order valence-electron chi connectivity index (χ3n) is 7.20. The lowest BCUT2D eigenvalue weighted by atomic mass is 10.1. The predicted molar refractivity (Wildman–Crippen MR) is 154 cm³/mol. The van der Waals surface area contributed by atoms with E-state index in [0.29, 0.717) is 19.4 Å². The number of ether oxygens (including phenoxy) is 1. The lowest BCUT2D eigenvalue weighted by Gasteiger charge is -2.15. The molecule has 3 aromatic rings. The molecule has 3 N–H and O–H groups in total. The molecular formula is C29H21Cl3F5N3O4. The number of alkyl halides is 5. The Hall–Kier alpha value is -3.45. The lowest BCUT2D eigenvalue weighted by molar-refractivity contribution is -0.137. The highest BCUT2D eigenvalue weighted by Crippen LogP contribution is 2.65. The van der Waals surface area contributed by atoms with Gasteiger partial charge in [0.15, 0.2) is 5.82 Å². The lowest BCUT2D eigenvalue weighted by Crippen LogP contribution is -2.28. The molecule has 0 bridgehead atoms. The molecule has 0 spiro atoms. The van der Waals surface area contributed by atoms with E-state index in [0.717, 1.165) is 24.3 Å². The fourth-order valence-corrected chi connectivity index (χ4v) is 5.95. The molecular weight excluding hydrogens is 656 g/mol. The van der Waals surface area contributed by atoms with Crippen molar-refractivity contribution in [3.63, 3.8) is 0 Å². The molecule has 3 aromatic carbocycles. The van der Waals surface area contributed by atoms with Crippen LogP contribution in [0.25, 0.3) is 0 Å². The Balaban J connectivity index is 1.30. The zero-order valence-corrected chi connectivity index (χ0v) is 24.5. The average molecular weight is 677 g/mol. The molecule has 15 heteroatoms. The third kappa shape index (κ3) is 6.49. The van der Waals surface area contributed by atoms with Crippen LogP contribution in [0.5, 0.6) is 0 Å². The summed E-state index contributed by atoms with van der Waals surface area (Å²) in [7, 11) is 0. The molecule has 44 heavy (non-hydrogen) atoms. The maximum atomic E-state index is 15.2. The fourth-order valence-electron chi connectivity index (χ4n) is 4.91. The van der Waals surface area contributed by atoms with Crippen LogP contribution < -0.4 is 16.0 Å². The van der Waals surface area contributed by atoms with Crippen molar-refractivity contribution in [2.75, 3.05) is 22.6 Å². The zero-order chi connectivity index (χ0) is 32.0. The Morgan fingerprint density at radius 3 is 2.36 bits per heavy atom. The molecule has 0 radical (unpaired) electrons. The Bertz CT molecular complexity index is 1650. The minimum atomic E-state index is -4.61. The van der Waals surface area contributed by atoms with Gasteiger partial charge in [-0.2, -0.15) is 13.2 Å². The summed E-state index contributed by atoms with van der Waals surface area (Å²) in [6.45, 7) is 0.342. The third-order valence-corrected chi connectivity index (χ3v) is 8.47. The molecule has 0 aromatic heterocycles. The van der Waals surface area contributed by atoms with Crippen LogP contribution in [0.2, 0.25) is 5.02 Å². The van der Waals surface area contributed by atoms with Crippen LogP contribution in [-0.2, 0) is 20.5 Å². The second-order valence-electron chi connectivity index (χ2n) is 10.2. The van der Waals surface area contributed by atoms with Crippen LogP contribution in [0, 0.1) is 17.6 Å². The summed E-state index contributed by atoms with van der Waals surface area (Å²) in [4.78, 5) is 38.4. The predicted octanol–water partition coefficient (Wildman–Crippen LogP) is 7.53. The molecule has 232 valence electrons. The molecule has 1 saturated heterocycles. The molecule has 2 unspecified atom stereocenters. The second-order valence-corrected chi connectivity index (χ2v) is 12.0. The van der Waals surface area contributed by atoms with Gasteiger partial charge in [0.2, 0.25) is 5.91 Å². The van der Waals surface area contributed by atoms with E-state index in [-0.39, 0.29) is 21.8 Å². The van der Waals surface area contributed by atoms with Crippen molar-refractivity contribution >= 4 is 69.6 Å². The van der Waals surface area contributed by atoms with Crippen molar-refractivity contribution in [3.8, 4) is 0 Å². The first-order chi connectivity index (χ1) is 20.7. The van der Waals surface area contributed by atoms with Crippen molar-refractivity contribution in [1.29, 1.82) is 0 Å². The summed E-state index contributed by atoms with van der Waals surface area (Å²) in [5.74, 6) is -6.81. The highest BCUT2D eigenvalue weighted by Gasteiger charge is 2.67. The van der Waals surface area contributed by atoms with Gasteiger partial charge >= 0.3 is 6.18 Å². The maximum absolute atomic E-state index is 15.2. The van der Waals surface area contributed by atoms with Gasteiger partial charge < -0.3 is 20.7 Å². The first-order valence-corrected chi connectivity index (χ1v) is 14.2. The Labute approximate surface area is 262 Å².